The Bertz CT molecular complexity index is 1000. The zero-order chi connectivity index (χ0) is 26.7. The summed E-state index contributed by atoms with van der Waals surface area (Å²) in [4.78, 5) is 34.0. The Kier molecular flexibility index (Phi) is 6.12. The van der Waals surface area contributed by atoms with Crippen molar-refractivity contribution in [2.24, 2.45) is 0 Å². The van der Waals surface area contributed by atoms with Crippen molar-refractivity contribution in [2.45, 2.75) is 75.7 Å². The van der Waals surface area contributed by atoms with Crippen LogP contribution in [0.2, 0.25) is 0 Å². The summed E-state index contributed by atoms with van der Waals surface area (Å²) in [6.07, 6.45) is -14.0. The first-order chi connectivity index (χ1) is 16.5. The minimum atomic E-state index is -5.79. The van der Waals surface area contributed by atoms with Crippen molar-refractivity contribution < 1.29 is 42.0 Å². The second kappa shape index (κ2) is 8.86. The molecule has 1 aliphatic carbocycles. The summed E-state index contributed by atoms with van der Waals surface area (Å²) in [5.41, 5.74) is -0.595. The highest BCUT2D eigenvalue weighted by Gasteiger charge is 2.60. The fourth-order valence-corrected chi connectivity index (χ4v) is 4.42. The van der Waals surface area contributed by atoms with Gasteiger partial charge in [0.05, 0.1) is 6.54 Å². The minimum Gasteiger partial charge on any atom is -0.426 e. The number of rotatable bonds is 4. The zero-order valence-corrected chi connectivity index (χ0v) is 19.2. The molecule has 0 atom stereocenters. The predicted octanol–water partition coefficient (Wildman–Crippen LogP) is 3.42. The molecule has 0 N–H and O–H groups in total. The number of alkyl halides is 6. The highest BCUT2D eigenvalue weighted by atomic mass is 19.4. The molecule has 3 aliphatic rings. The van der Waals surface area contributed by atoms with E-state index < -0.39 is 36.1 Å². The lowest BCUT2D eigenvalue weighted by Gasteiger charge is -2.44. The monoisotopic (exact) mass is 512 g/mol. The van der Waals surface area contributed by atoms with E-state index in [4.69, 9.17) is 1.37 Å². The maximum Gasteiger partial charge on any atom is 0.434 e. The van der Waals surface area contributed by atoms with E-state index in [1.165, 1.54) is 4.90 Å². The van der Waals surface area contributed by atoms with Gasteiger partial charge in [-0.15, -0.1) is 0 Å². The highest BCUT2D eigenvalue weighted by molar-refractivity contribution is 5.92. The number of likely N-dealkylation sites (tertiary alicyclic amines) is 1. The fourth-order valence-electron chi connectivity index (χ4n) is 4.42. The van der Waals surface area contributed by atoms with Crippen molar-refractivity contribution in [2.75, 3.05) is 26.7 Å². The highest BCUT2D eigenvalue weighted by Crippen LogP contribution is 2.37. The van der Waals surface area contributed by atoms with Gasteiger partial charge >= 0.3 is 18.4 Å². The average Bonchev–Trinajstić information content (AvgIpc) is 3.39. The molecule has 2 aliphatic heterocycles. The molecular formula is C21H27F6N5O3. The number of hydrogen-bond acceptors (Lipinski definition) is 5. The van der Waals surface area contributed by atoms with Crippen molar-refractivity contribution in [1.29, 1.82) is 0 Å². The summed E-state index contributed by atoms with van der Waals surface area (Å²) in [6, 6.07) is -0.555. The van der Waals surface area contributed by atoms with Gasteiger partial charge in [-0.3, -0.25) is 9.69 Å². The molecule has 35 heavy (non-hydrogen) atoms. The van der Waals surface area contributed by atoms with Gasteiger partial charge in [-0.05, 0) is 32.6 Å². The van der Waals surface area contributed by atoms with Crippen molar-refractivity contribution in [3.05, 3.63) is 17.7 Å². The predicted molar refractivity (Wildman–Crippen MR) is 109 cm³/mol. The van der Waals surface area contributed by atoms with Crippen LogP contribution in [0.15, 0.2) is 6.20 Å². The lowest BCUT2D eigenvalue weighted by Crippen LogP contribution is -2.56. The molecule has 14 heteroatoms. The molecule has 1 saturated carbocycles. The van der Waals surface area contributed by atoms with Gasteiger partial charge in [-0.1, -0.05) is 0 Å². The van der Waals surface area contributed by atoms with Crippen LogP contribution in [0.3, 0.4) is 0 Å². The van der Waals surface area contributed by atoms with Gasteiger partial charge in [0.25, 0.3) is 12.0 Å². The largest absolute Gasteiger partial charge is 0.434 e. The van der Waals surface area contributed by atoms with Crippen molar-refractivity contribution in [3.8, 4) is 0 Å². The first kappa shape index (κ1) is 24.2. The number of amides is 2. The van der Waals surface area contributed by atoms with E-state index in [1.807, 2.05) is 9.47 Å². The number of nitrogens with zero attached hydrogens (tertiary/aromatic N) is 5. The van der Waals surface area contributed by atoms with Gasteiger partial charge in [0.2, 0.25) is 0 Å². The molecule has 0 spiro atoms. The molecule has 4 rings (SSSR count). The maximum absolute atomic E-state index is 13.2. The Morgan fingerprint density at radius 2 is 1.74 bits per heavy atom. The van der Waals surface area contributed by atoms with E-state index in [9.17, 15) is 35.9 Å². The van der Waals surface area contributed by atoms with Crippen LogP contribution in [0.5, 0.6) is 0 Å². The first-order valence-corrected chi connectivity index (χ1v) is 11.2. The van der Waals surface area contributed by atoms with Gasteiger partial charge in [0.15, 0.2) is 0 Å². The summed E-state index contributed by atoms with van der Waals surface area (Å²) < 4.78 is 90.2. The van der Waals surface area contributed by atoms with E-state index in [-0.39, 0.29) is 37.5 Å². The Morgan fingerprint density at radius 1 is 1.14 bits per heavy atom. The maximum atomic E-state index is 13.2. The third-order valence-electron chi connectivity index (χ3n) is 6.97. The first-order valence-electron chi connectivity index (χ1n) is 11.7. The van der Waals surface area contributed by atoms with Crippen LogP contribution in [0.1, 0.15) is 50.3 Å². The molecule has 1 aromatic rings. The number of carbonyl (C=O) groups is 2. The summed E-state index contributed by atoms with van der Waals surface area (Å²) in [7, 11) is 1.55. The van der Waals surface area contributed by atoms with Crippen LogP contribution in [0.4, 0.5) is 31.1 Å². The summed E-state index contributed by atoms with van der Waals surface area (Å²) in [6.45, 7) is 3.11. The lowest BCUT2D eigenvalue weighted by molar-refractivity contribution is -0.308. The van der Waals surface area contributed by atoms with Crippen molar-refractivity contribution in [3.63, 3.8) is 0 Å². The number of piperidine rings is 1. The topological polar surface area (TPSA) is 70.9 Å². The summed E-state index contributed by atoms with van der Waals surface area (Å²) >= 11 is 0. The Balaban J connectivity index is 1.37. The number of carbonyl (C=O) groups excluding carboxylic acids is 2. The van der Waals surface area contributed by atoms with Gasteiger partial charge in [-0.25, -0.2) is 9.78 Å². The second-order valence-electron chi connectivity index (χ2n) is 9.42. The molecular weight excluding hydrogens is 484 g/mol. The van der Waals surface area contributed by atoms with Crippen molar-refractivity contribution >= 4 is 12.0 Å². The molecule has 1 aromatic heterocycles. The number of ether oxygens (including phenoxy) is 1. The number of hydrogen-bond donors (Lipinski definition) is 0. The van der Waals surface area contributed by atoms with Crippen LogP contribution < -0.4 is 0 Å². The molecule has 8 nitrogen and oxygen atoms in total. The normalized spacial score (nSPS) is 22.4. The summed E-state index contributed by atoms with van der Waals surface area (Å²) in [5, 5.41) is 0. The number of imidazole rings is 1. The third-order valence-corrected chi connectivity index (χ3v) is 6.97. The number of aromatic nitrogens is 2. The van der Waals surface area contributed by atoms with E-state index in [1.54, 1.807) is 20.2 Å². The standard InChI is InChI=1S/C21H27F6N5O3/c1-19(5-7-30(8-6-19)18(34)35-17(20(22,23)24)21(25,26)27)29(2)16(33)14-11-32-10-9-31(13-3-4-13)12-15(32)28-14/h11,13,17H,3-10,12H2,1-2H3/i13D. The van der Waals surface area contributed by atoms with Crippen LogP contribution in [-0.4, -0.2) is 92.9 Å². The smallest absolute Gasteiger partial charge is 0.426 e. The summed E-state index contributed by atoms with van der Waals surface area (Å²) in [5.74, 6) is 0.298. The van der Waals surface area contributed by atoms with Gasteiger partial charge < -0.3 is 19.1 Å². The van der Waals surface area contributed by atoms with Gasteiger partial charge in [0.1, 0.15) is 11.5 Å². The molecule has 0 unspecified atom stereocenters. The molecule has 3 heterocycles. The van der Waals surface area contributed by atoms with Crippen molar-refractivity contribution in [1.82, 2.24) is 24.3 Å². The SMILES string of the molecule is [2H]C1(N2CCn3cc(C(=O)N(C)C4(C)CCN(C(=O)OC(C(F)(F)F)C(F)(F)F)CC4)nc3C2)CC1. The number of fused-ring (bicyclic) bond motifs is 1. The van der Waals surface area contributed by atoms with Crippen LogP contribution >= 0.6 is 0 Å². The van der Waals surface area contributed by atoms with E-state index in [0.717, 1.165) is 17.7 Å². The molecule has 2 fully saturated rings. The van der Waals surface area contributed by atoms with Gasteiger partial charge in [0, 0.05) is 52.4 Å². The molecule has 0 aromatic carbocycles. The third kappa shape index (κ3) is 5.36. The van der Waals surface area contributed by atoms with E-state index in [2.05, 4.69) is 9.72 Å². The lowest BCUT2D eigenvalue weighted by atomic mass is 9.88. The fraction of sp³-hybridized carbons (Fsp3) is 0.762. The van der Waals surface area contributed by atoms with Crippen LogP contribution in [0, 0.1) is 0 Å². The molecule has 0 bridgehead atoms. The Morgan fingerprint density at radius 3 is 2.29 bits per heavy atom. The second-order valence-corrected chi connectivity index (χ2v) is 9.42. The number of halogens is 6. The van der Waals surface area contributed by atoms with Gasteiger partial charge in [-0.2, -0.15) is 26.3 Å². The van der Waals surface area contributed by atoms with E-state index >= 15 is 0 Å². The minimum absolute atomic E-state index is 0.121. The zero-order valence-electron chi connectivity index (χ0n) is 20.2. The van der Waals surface area contributed by atoms with Crippen LogP contribution in [0.25, 0.3) is 0 Å². The average molecular weight is 512 g/mol. The van der Waals surface area contributed by atoms with E-state index in [0.29, 0.717) is 25.5 Å². The Labute approximate surface area is 199 Å². The Hall–Kier alpha value is -2.51. The molecule has 2 amide bonds. The quantitative estimate of drug-likeness (QED) is 0.579. The molecule has 1 saturated heterocycles. The molecule has 0 radical (unpaired) electrons. The molecule has 196 valence electrons. The van der Waals surface area contributed by atoms with Crippen LogP contribution in [-0.2, 0) is 17.8 Å².